The Morgan fingerprint density at radius 2 is 1.96 bits per heavy atom. The summed E-state index contributed by atoms with van der Waals surface area (Å²) >= 11 is 0. The molecule has 2 atom stereocenters. The number of carbonyl (C=O) groups excluding carboxylic acids is 1. The Kier molecular flexibility index (Phi) is 4.60. The van der Waals surface area contributed by atoms with Gasteiger partial charge < -0.3 is 10.2 Å². The SMILES string of the molecule is CC(C)(C)CC(=O)Nc1nc2c(cc1F)N(Cc1ccc(F)cc1)C[C@@H]1C[C@H]21. The van der Waals surface area contributed by atoms with Gasteiger partial charge in [0.05, 0.1) is 11.4 Å². The molecule has 1 fully saturated rings. The first-order valence-corrected chi connectivity index (χ1v) is 9.69. The van der Waals surface area contributed by atoms with Gasteiger partial charge in [0.2, 0.25) is 5.91 Å². The Morgan fingerprint density at radius 3 is 2.64 bits per heavy atom. The minimum absolute atomic E-state index is 0.0160. The first kappa shape index (κ1) is 18.8. The molecule has 2 heterocycles. The van der Waals surface area contributed by atoms with E-state index in [1.165, 1.54) is 18.2 Å². The van der Waals surface area contributed by atoms with Crippen molar-refractivity contribution in [2.24, 2.45) is 11.3 Å². The van der Waals surface area contributed by atoms with Gasteiger partial charge in [-0.3, -0.25) is 4.79 Å². The van der Waals surface area contributed by atoms with E-state index in [0.29, 0.717) is 24.8 Å². The van der Waals surface area contributed by atoms with Crippen LogP contribution in [0.1, 0.15) is 50.8 Å². The lowest BCUT2D eigenvalue weighted by Crippen LogP contribution is -2.30. The normalized spacial score (nSPS) is 20.4. The molecule has 148 valence electrons. The Balaban J connectivity index is 1.58. The van der Waals surface area contributed by atoms with Crippen molar-refractivity contribution in [3.63, 3.8) is 0 Å². The molecule has 4 rings (SSSR count). The van der Waals surface area contributed by atoms with Crippen molar-refractivity contribution in [1.29, 1.82) is 0 Å². The maximum absolute atomic E-state index is 14.7. The number of hydrogen-bond acceptors (Lipinski definition) is 3. The molecule has 1 amide bonds. The van der Waals surface area contributed by atoms with Crippen LogP contribution in [0.25, 0.3) is 0 Å². The standard InChI is InChI=1S/C22H25F2N3O/c1-22(2,3)10-19(28)25-21-17(24)9-18-20(26-21)16-8-14(16)12-27(18)11-13-4-6-15(23)7-5-13/h4-7,9,14,16H,8,10-12H2,1-3H3,(H,25,26,28)/t14-,16-/m0/s1. The van der Waals surface area contributed by atoms with Gasteiger partial charge in [-0.15, -0.1) is 0 Å². The molecule has 4 nitrogen and oxygen atoms in total. The summed E-state index contributed by atoms with van der Waals surface area (Å²) in [4.78, 5) is 18.8. The third kappa shape index (κ3) is 4.01. The number of carbonyl (C=O) groups is 1. The molecule has 0 bridgehead atoms. The van der Waals surface area contributed by atoms with Gasteiger partial charge in [0.15, 0.2) is 11.6 Å². The number of anilines is 2. The van der Waals surface area contributed by atoms with E-state index in [-0.39, 0.29) is 23.0 Å². The number of pyridine rings is 1. The number of benzene rings is 1. The molecule has 1 aromatic carbocycles. The van der Waals surface area contributed by atoms with Gasteiger partial charge in [-0.05, 0) is 35.4 Å². The molecular weight excluding hydrogens is 360 g/mol. The zero-order valence-corrected chi connectivity index (χ0v) is 16.4. The molecule has 1 aromatic heterocycles. The highest BCUT2D eigenvalue weighted by atomic mass is 19.1. The summed E-state index contributed by atoms with van der Waals surface area (Å²) in [5.74, 6) is -0.174. The average Bonchev–Trinajstić information content (AvgIpc) is 3.36. The van der Waals surface area contributed by atoms with Crippen LogP contribution in [0.15, 0.2) is 30.3 Å². The molecular formula is C22H25F2N3O. The van der Waals surface area contributed by atoms with Gasteiger partial charge in [-0.1, -0.05) is 32.9 Å². The van der Waals surface area contributed by atoms with Crippen LogP contribution in [0.2, 0.25) is 0 Å². The third-order valence-corrected chi connectivity index (χ3v) is 5.29. The number of hydrogen-bond donors (Lipinski definition) is 1. The monoisotopic (exact) mass is 385 g/mol. The molecule has 0 saturated heterocycles. The molecule has 0 radical (unpaired) electrons. The first-order chi connectivity index (χ1) is 13.2. The quantitative estimate of drug-likeness (QED) is 0.818. The summed E-state index contributed by atoms with van der Waals surface area (Å²) in [5.41, 5.74) is 2.41. The second kappa shape index (κ2) is 6.83. The van der Waals surface area contributed by atoms with E-state index in [1.54, 1.807) is 12.1 Å². The number of aromatic nitrogens is 1. The van der Waals surface area contributed by atoms with Crippen molar-refractivity contribution in [1.82, 2.24) is 4.98 Å². The molecule has 2 aliphatic rings. The fraction of sp³-hybridized carbons (Fsp3) is 0.455. The van der Waals surface area contributed by atoms with Crippen molar-refractivity contribution in [2.75, 3.05) is 16.8 Å². The van der Waals surface area contributed by atoms with Gasteiger partial charge in [0.1, 0.15) is 5.82 Å². The second-order valence-electron chi connectivity index (χ2n) is 9.12. The van der Waals surface area contributed by atoms with Crippen LogP contribution < -0.4 is 10.2 Å². The van der Waals surface area contributed by atoms with Crippen LogP contribution in [-0.4, -0.2) is 17.4 Å². The zero-order chi connectivity index (χ0) is 20.1. The van der Waals surface area contributed by atoms with Crippen LogP contribution in [0, 0.1) is 23.0 Å². The molecule has 28 heavy (non-hydrogen) atoms. The largest absolute Gasteiger partial charge is 0.365 e. The van der Waals surface area contributed by atoms with Gasteiger partial charge in [0.25, 0.3) is 0 Å². The van der Waals surface area contributed by atoms with Crippen molar-refractivity contribution in [2.45, 2.75) is 46.1 Å². The number of rotatable bonds is 4. The predicted molar refractivity (Wildman–Crippen MR) is 105 cm³/mol. The summed E-state index contributed by atoms with van der Waals surface area (Å²) in [6, 6.07) is 7.85. The lowest BCUT2D eigenvalue weighted by Gasteiger charge is -2.31. The maximum atomic E-state index is 14.7. The fourth-order valence-corrected chi connectivity index (χ4v) is 3.89. The highest BCUT2D eigenvalue weighted by Crippen LogP contribution is 2.54. The van der Waals surface area contributed by atoms with E-state index >= 15 is 0 Å². The van der Waals surface area contributed by atoms with Crippen molar-refractivity contribution in [3.05, 3.63) is 53.2 Å². The van der Waals surface area contributed by atoms with E-state index in [0.717, 1.165) is 29.9 Å². The third-order valence-electron chi connectivity index (χ3n) is 5.29. The molecule has 6 heteroatoms. The van der Waals surface area contributed by atoms with Crippen LogP contribution in [0.3, 0.4) is 0 Å². The summed E-state index contributed by atoms with van der Waals surface area (Å²) in [5, 5.41) is 2.64. The van der Waals surface area contributed by atoms with E-state index in [2.05, 4.69) is 15.2 Å². The number of fused-ring (bicyclic) bond motifs is 3. The highest BCUT2D eigenvalue weighted by molar-refractivity contribution is 5.90. The maximum Gasteiger partial charge on any atom is 0.226 e. The number of halogens is 2. The number of nitrogens with one attached hydrogen (secondary N) is 1. The molecule has 0 unspecified atom stereocenters. The van der Waals surface area contributed by atoms with Crippen molar-refractivity contribution in [3.8, 4) is 0 Å². The highest BCUT2D eigenvalue weighted by Gasteiger charge is 2.46. The van der Waals surface area contributed by atoms with Crippen LogP contribution in [0.5, 0.6) is 0 Å². The predicted octanol–water partition coefficient (Wildman–Crippen LogP) is 4.86. The molecule has 1 saturated carbocycles. The van der Waals surface area contributed by atoms with Gasteiger partial charge in [-0.25, -0.2) is 13.8 Å². The number of nitrogens with zero attached hydrogens (tertiary/aromatic N) is 2. The summed E-state index contributed by atoms with van der Waals surface area (Å²) < 4.78 is 27.9. The molecule has 1 N–H and O–H groups in total. The second-order valence-corrected chi connectivity index (χ2v) is 9.12. The smallest absolute Gasteiger partial charge is 0.226 e. The zero-order valence-electron chi connectivity index (χ0n) is 16.4. The van der Waals surface area contributed by atoms with Gasteiger partial charge in [-0.2, -0.15) is 0 Å². The Labute approximate surface area is 164 Å². The lowest BCUT2D eigenvalue weighted by molar-refractivity contribution is -0.117. The van der Waals surface area contributed by atoms with E-state index in [1.807, 2.05) is 20.8 Å². The van der Waals surface area contributed by atoms with Crippen molar-refractivity contribution >= 4 is 17.4 Å². The van der Waals surface area contributed by atoms with Crippen LogP contribution in [0.4, 0.5) is 20.3 Å². The Hall–Kier alpha value is -2.50. The average molecular weight is 385 g/mol. The molecule has 0 spiro atoms. The summed E-state index contributed by atoms with van der Waals surface area (Å²) in [6.07, 6.45) is 1.33. The van der Waals surface area contributed by atoms with Crippen molar-refractivity contribution < 1.29 is 13.6 Å². The van der Waals surface area contributed by atoms with E-state index < -0.39 is 5.82 Å². The Morgan fingerprint density at radius 1 is 1.25 bits per heavy atom. The van der Waals surface area contributed by atoms with Gasteiger partial charge in [0, 0.05) is 31.5 Å². The minimum atomic E-state index is -0.524. The molecule has 2 aromatic rings. The van der Waals surface area contributed by atoms with E-state index in [4.69, 9.17) is 0 Å². The fourth-order valence-electron chi connectivity index (χ4n) is 3.89. The first-order valence-electron chi connectivity index (χ1n) is 9.69. The van der Waals surface area contributed by atoms with Crippen LogP contribution >= 0.6 is 0 Å². The Bertz CT molecular complexity index is 905. The van der Waals surface area contributed by atoms with E-state index in [9.17, 15) is 13.6 Å². The topological polar surface area (TPSA) is 45.2 Å². The molecule has 1 aliphatic carbocycles. The molecule has 1 aliphatic heterocycles. The number of amides is 1. The van der Waals surface area contributed by atoms with Crippen LogP contribution in [-0.2, 0) is 11.3 Å². The summed E-state index contributed by atoms with van der Waals surface area (Å²) in [6.45, 7) is 7.31. The minimum Gasteiger partial charge on any atom is -0.365 e. The summed E-state index contributed by atoms with van der Waals surface area (Å²) in [7, 11) is 0. The van der Waals surface area contributed by atoms with Gasteiger partial charge >= 0.3 is 0 Å². The lowest BCUT2D eigenvalue weighted by atomic mass is 9.92.